The average Bonchev–Trinajstić information content (AvgIpc) is 2.36. The fourth-order valence-corrected chi connectivity index (χ4v) is 1.68. The van der Waals surface area contributed by atoms with E-state index >= 15 is 0 Å². The molecule has 0 amide bonds. The Labute approximate surface area is 133 Å². The van der Waals surface area contributed by atoms with Crippen LogP contribution in [-0.2, 0) is 0 Å². The molecule has 0 aliphatic rings. The fraction of sp³-hybridized carbons (Fsp3) is 0.500. The van der Waals surface area contributed by atoms with Crippen LogP contribution in [-0.4, -0.2) is 37.1 Å². The summed E-state index contributed by atoms with van der Waals surface area (Å²) >= 11 is 0. The number of halogens is 1. The molecule has 0 saturated carbocycles. The Morgan fingerprint density at radius 3 is 2.58 bits per heavy atom. The van der Waals surface area contributed by atoms with Crippen molar-refractivity contribution in [3.8, 4) is 5.75 Å². The minimum atomic E-state index is 0. The molecule has 2 N–H and O–H groups in total. The lowest BCUT2D eigenvalue weighted by molar-refractivity contribution is 0.327. The van der Waals surface area contributed by atoms with Gasteiger partial charge in [-0.2, -0.15) is 0 Å². The number of rotatable bonds is 6. The van der Waals surface area contributed by atoms with Crippen molar-refractivity contribution in [2.24, 2.45) is 10.7 Å². The first-order valence-electron chi connectivity index (χ1n) is 6.41. The lowest BCUT2D eigenvalue weighted by Crippen LogP contribution is -2.37. The zero-order chi connectivity index (χ0) is 13.4. The van der Waals surface area contributed by atoms with Crippen molar-refractivity contribution in [1.82, 2.24) is 4.90 Å². The van der Waals surface area contributed by atoms with Crippen LogP contribution in [0.4, 0.5) is 0 Å². The maximum Gasteiger partial charge on any atom is 0.191 e. The second-order valence-corrected chi connectivity index (χ2v) is 4.08. The summed E-state index contributed by atoms with van der Waals surface area (Å²) in [6.07, 6.45) is 0. The minimum Gasteiger partial charge on any atom is -0.492 e. The number of aliphatic imine (C=N–C) groups is 1. The predicted molar refractivity (Wildman–Crippen MR) is 91.5 cm³/mol. The summed E-state index contributed by atoms with van der Waals surface area (Å²) in [7, 11) is 0. The van der Waals surface area contributed by atoms with E-state index in [0.29, 0.717) is 19.1 Å². The zero-order valence-corrected chi connectivity index (χ0v) is 14.3. The fourth-order valence-electron chi connectivity index (χ4n) is 1.68. The van der Waals surface area contributed by atoms with E-state index in [-0.39, 0.29) is 24.0 Å². The molecule has 0 bridgehead atoms. The Kier molecular flexibility index (Phi) is 9.38. The van der Waals surface area contributed by atoms with Gasteiger partial charge in [0.15, 0.2) is 5.96 Å². The third-order valence-electron chi connectivity index (χ3n) is 2.71. The molecule has 0 unspecified atom stereocenters. The Hall–Kier alpha value is -0.980. The molecular formula is C14H24IN3O. The number of nitrogens with two attached hydrogens (primary N) is 1. The Morgan fingerprint density at radius 1 is 1.32 bits per heavy atom. The van der Waals surface area contributed by atoms with E-state index in [0.717, 1.165) is 18.8 Å². The van der Waals surface area contributed by atoms with Crippen LogP contribution in [0.2, 0.25) is 0 Å². The van der Waals surface area contributed by atoms with Crippen LogP contribution in [0.5, 0.6) is 5.75 Å². The number of hydrogen-bond acceptors (Lipinski definition) is 2. The highest BCUT2D eigenvalue weighted by atomic mass is 127. The van der Waals surface area contributed by atoms with E-state index in [1.807, 2.05) is 36.1 Å². The number of nitrogens with zero attached hydrogens (tertiary/aromatic N) is 2. The van der Waals surface area contributed by atoms with Crippen molar-refractivity contribution >= 4 is 29.9 Å². The summed E-state index contributed by atoms with van der Waals surface area (Å²) in [4.78, 5) is 6.32. The highest BCUT2D eigenvalue weighted by molar-refractivity contribution is 14.0. The predicted octanol–water partition coefficient (Wildman–Crippen LogP) is 2.65. The van der Waals surface area contributed by atoms with Crippen LogP contribution in [0, 0.1) is 6.92 Å². The largest absolute Gasteiger partial charge is 0.492 e. The van der Waals surface area contributed by atoms with Gasteiger partial charge in [-0.15, -0.1) is 24.0 Å². The maximum absolute atomic E-state index is 5.86. The lowest BCUT2D eigenvalue weighted by Gasteiger charge is -2.19. The number of aryl methyl sites for hydroxylation is 1. The highest BCUT2D eigenvalue weighted by Crippen LogP contribution is 2.11. The zero-order valence-electron chi connectivity index (χ0n) is 11.9. The third-order valence-corrected chi connectivity index (χ3v) is 2.71. The standard InChI is InChI=1S/C14H23N3O.HI/c1-4-17(5-2)14(15)16-9-10-18-13-8-6-7-12(3)11-13;/h6-8,11H,4-5,9-10H2,1-3H3,(H2,15,16);1H. The van der Waals surface area contributed by atoms with Crippen molar-refractivity contribution in [2.75, 3.05) is 26.2 Å². The van der Waals surface area contributed by atoms with Gasteiger partial charge in [0.1, 0.15) is 12.4 Å². The number of guanidine groups is 1. The molecule has 0 spiro atoms. The van der Waals surface area contributed by atoms with Crippen molar-refractivity contribution in [3.63, 3.8) is 0 Å². The minimum absolute atomic E-state index is 0. The molecular weight excluding hydrogens is 353 g/mol. The summed E-state index contributed by atoms with van der Waals surface area (Å²) in [5.74, 6) is 1.47. The normalized spacial score (nSPS) is 10.8. The van der Waals surface area contributed by atoms with Gasteiger partial charge in [-0.25, -0.2) is 4.99 Å². The third kappa shape index (κ3) is 6.66. The van der Waals surface area contributed by atoms with E-state index in [1.54, 1.807) is 0 Å². The average molecular weight is 377 g/mol. The van der Waals surface area contributed by atoms with Crippen LogP contribution in [0.15, 0.2) is 29.3 Å². The first kappa shape index (κ1) is 18.0. The summed E-state index contributed by atoms with van der Waals surface area (Å²) in [5.41, 5.74) is 7.06. The molecule has 0 aliphatic carbocycles. The summed E-state index contributed by atoms with van der Waals surface area (Å²) in [6.45, 7) is 9.06. The van der Waals surface area contributed by atoms with E-state index in [4.69, 9.17) is 10.5 Å². The molecule has 0 saturated heterocycles. The van der Waals surface area contributed by atoms with E-state index in [9.17, 15) is 0 Å². The van der Waals surface area contributed by atoms with Crippen molar-refractivity contribution in [1.29, 1.82) is 0 Å². The van der Waals surface area contributed by atoms with Gasteiger partial charge in [-0.1, -0.05) is 12.1 Å². The smallest absolute Gasteiger partial charge is 0.191 e. The van der Waals surface area contributed by atoms with Gasteiger partial charge in [0, 0.05) is 13.1 Å². The molecule has 0 fully saturated rings. The lowest BCUT2D eigenvalue weighted by atomic mass is 10.2. The van der Waals surface area contributed by atoms with Crippen LogP contribution in [0.3, 0.4) is 0 Å². The molecule has 1 aromatic rings. The van der Waals surface area contributed by atoms with Crippen LogP contribution in [0.1, 0.15) is 19.4 Å². The van der Waals surface area contributed by atoms with Gasteiger partial charge in [0.25, 0.3) is 0 Å². The van der Waals surface area contributed by atoms with Crippen molar-refractivity contribution < 1.29 is 4.74 Å². The van der Waals surface area contributed by atoms with Gasteiger partial charge in [0.2, 0.25) is 0 Å². The molecule has 0 heterocycles. The number of hydrogen-bond donors (Lipinski definition) is 1. The van der Waals surface area contributed by atoms with Gasteiger partial charge in [-0.05, 0) is 38.5 Å². The number of benzene rings is 1. The van der Waals surface area contributed by atoms with E-state index in [1.165, 1.54) is 5.56 Å². The molecule has 0 atom stereocenters. The SMILES string of the molecule is CCN(CC)C(N)=NCCOc1cccc(C)c1.I. The molecule has 1 rings (SSSR count). The summed E-state index contributed by atoms with van der Waals surface area (Å²) in [5, 5.41) is 0. The Morgan fingerprint density at radius 2 is 2.00 bits per heavy atom. The second-order valence-electron chi connectivity index (χ2n) is 4.08. The number of ether oxygens (including phenoxy) is 1. The van der Waals surface area contributed by atoms with E-state index in [2.05, 4.69) is 18.8 Å². The van der Waals surface area contributed by atoms with Crippen LogP contribution in [0.25, 0.3) is 0 Å². The second kappa shape index (κ2) is 9.89. The van der Waals surface area contributed by atoms with Crippen LogP contribution < -0.4 is 10.5 Å². The van der Waals surface area contributed by atoms with Gasteiger partial charge < -0.3 is 15.4 Å². The molecule has 0 aliphatic heterocycles. The van der Waals surface area contributed by atoms with Gasteiger partial charge in [-0.3, -0.25) is 0 Å². The Bertz CT molecular complexity index is 392. The molecule has 0 aromatic heterocycles. The highest BCUT2D eigenvalue weighted by Gasteiger charge is 2.01. The van der Waals surface area contributed by atoms with Crippen LogP contribution >= 0.6 is 24.0 Å². The maximum atomic E-state index is 5.86. The first-order chi connectivity index (χ1) is 8.67. The monoisotopic (exact) mass is 377 g/mol. The molecule has 0 radical (unpaired) electrons. The quantitative estimate of drug-likeness (QED) is 0.359. The topological polar surface area (TPSA) is 50.8 Å². The molecule has 4 nitrogen and oxygen atoms in total. The van der Waals surface area contributed by atoms with Crippen molar-refractivity contribution in [3.05, 3.63) is 29.8 Å². The van der Waals surface area contributed by atoms with E-state index < -0.39 is 0 Å². The molecule has 1 aromatic carbocycles. The molecule has 5 heteroatoms. The van der Waals surface area contributed by atoms with Gasteiger partial charge >= 0.3 is 0 Å². The first-order valence-corrected chi connectivity index (χ1v) is 6.41. The molecule has 108 valence electrons. The summed E-state index contributed by atoms with van der Waals surface area (Å²) in [6, 6.07) is 7.99. The summed E-state index contributed by atoms with van der Waals surface area (Å²) < 4.78 is 5.60. The molecule has 19 heavy (non-hydrogen) atoms. The van der Waals surface area contributed by atoms with Gasteiger partial charge in [0.05, 0.1) is 6.54 Å². The Balaban J connectivity index is 0.00000324. The van der Waals surface area contributed by atoms with Crippen molar-refractivity contribution in [2.45, 2.75) is 20.8 Å².